The van der Waals surface area contributed by atoms with E-state index in [1.165, 1.54) is 18.2 Å². The predicted octanol–water partition coefficient (Wildman–Crippen LogP) is 2.82. The fraction of sp³-hybridized carbons (Fsp3) is 0.500. The van der Waals surface area contributed by atoms with Gasteiger partial charge in [0.15, 0.2) is 0 Å². The molecule has 0 saturated carbocycles. The van der Waals surface area contributed by atoms with Gasteiger partial charge in [-0.2, -0.15) is 0 Å². The van der Waals surface area contributed by atoms with E-state index in [-0.39, 0.29) is 29.6 Å². The minimum Gasteiger partial charge on any atom is -0.406 e. The number of benzene rings is 1. The van der Waals surface area contributed by atoms with Crippen molar-refractivity contribution in [3.63, 3.8) is 0 Å². The number of hydrogen-bond donors (Lipinski definition) is 1. The maximum absolute atomic E-state index is 12.3. The van der Waals surface area contributed by atoms with Gasteiger partial charge in [-0.1, -0.05) is 6.07 Å². The van der Waals surface area contributed by atoms with Gasteiger partial charge in [-0.15, -0.1) is 25.6 Å². The standard InChI is InChI=1S/C14H17F3N2O2.ClH/c15-14(16,17)21-12-3-1-2-11(8-12)13(20)19-6-4-10(9-18)5-7-19;/h1-3,8,10H,4-7,9,18H2;1H. The molecule has 1 aromatic carbocycles. The SMILES string of the molecule is Cl.NCC1CCN(C(=O)c2cccc(OC(F)(F)F)c2)CC1. The average molecular weight is 339 g/mol. The van der Waals surface area contributed by atoms with Gasteiger partial charge in [0, 0.05) is 18.7 Å². The van der Waals surface area contributed by atoms with Crippen LogP contribution in [0.25, 0.3) is 0 Å². The molecule has 22 heavy (non-hydrogen) atoms. The van der Waals surface area contributed by atoms with Gasteiger partial charge in [-0.05, 0) is 43.5 Å². The van der Waals surface area contributed by atoms with Crippen LogP contribution in [-0.4, -0.2) is 36.8 Å². The Bertz CT molecular complexity index is 503. The largest absolute Gasteiger partial charge is 0.573 e. The molecule has 1 aliphatic heterocycles. The Morgan fingerprint density at radius 3 is 2.50 bits per heavy atom. The van der Waals surface area contributed by atoms with E-state index in [2.05, 4.69) is 4.74 Å². The summed E-state index contributed by atoms with van der Waals surface area (Å²) in [5.74, 6) is -0.253. The van der Waals surface area contributed by atoms with Crippen LogP contribution in [0.15, 0.2) is 24.3 Å². The van der Waals surface area contributed by atoms with E-state index in [0.29, 0.717) is 25.6 Å². The lowest BCUT2D eigenvalue weighted by molar-refractivity contribution is -0.274. The van der Waals surface area contributed by atoms with Gasteiger partial charge in [-0.25, -0.2) is 0 Å². The number of alkyl halides is 3. The number of nitrogens with zero attached hydrogens (tertiary/aromatic N) is 1. The van der Waals surface area contributed by atoms with Crippen molar-refractivity contribution < 1.29 is 22.7 Å². The summed E-state index contributed by atoms with van der Waals surface area (Å²) in [5.41, 5.74) is 5.79. The highest BCUT2D eigenvalue weighted by atomic mass is 35.5. The van der Waals surface area contributed by atoms with Crippen molar-refractivity contribution >= 4 is 18.3 Å². The van der Waals surface area contributed by atoms with E-state index in [1.807, 2.05) is 0 Å². The maximum Gasteiger partial charge on any atom is 0.573 e. The molecule has 1 fully saturated rings. The van der Waals surface area contributed by atoms with Crippen molar-refractivity contribution in [1.82, 2.24) is 4.90 Å². The first kappa shape index (κ1) is 18.6. The molecule has 2 N–H and O–H groups in total. The molecule has 0 atom stereocenters. The van der Waals surface area contributed by atoms with Gasteiger partial charge in [0.25, 0.3) is 5.91 Å². The van der Waals surface area contributed by atoms with Crippen LogP contribution in [0, 0.1) is 5.92 Å². The molecule has 0 aromatic heterocycles. The van der Waals surface area contributed by atoms with Crippen molar-refractivity contribution in [2.45, 2.75) is 19.2 Å². The number of amides is 1. The van der Waals surface area contributed by atoms with Crippen molar-refractivity contribution in [3.8, 4) is 5.75 Å². The zero-order valence-electron chi connectivity index (χ0n) is 11.8. The Morgan fingerprint density at radius 2 is 1.95 bits per heavy atom. The molecule has 1 saturated heterocycles. The van der Waals surface area contributed by atoms with Crippen LogP contribution in [0.3, 0.4) is 0 Å². The van der Waals surface area contributed by atoms with E-state index < -0.39 is 6.36 Å². The predicted molar refractivity (Wildman–Crippen MR) is 78.1 cm³/mol. The number of carbonyl (C=O) groups is 1. The van der Waals surface area contributed by atoms with E-state index in [9.17, 15) is 18.0 Å². The molecule has 124 valence electrons. The first-order valence-corrected chi connectivity index (χ1v) is 6.74. The molecule has 0 aliphatic carbocycles. The minimum absolute atomic E-state index is 0. The fourth-order valence-corrected chi connectivity index (χ4v) is 2.38. The van der Waals surface area contributed by atoms with Gasteiger partial charge in [-0.3, -0.25) is 4.79 Å². The molecule has 1 amide bonds. The van der Waals surface area contributed by atoms with Crippen molar-refractivity contribution in [1.29, 1.82) is 0 Å². The summed E-state index contributed by atoms with van der Waals surface area (Å²) >= 11 is 0. The second-order valence-corrected chi connectivity index (χ2v) is 5.05. The highest BCUT2D eigenvalue weighted by Gasteiger charge is 2.31. The van der Waals surface area contributed by atoms with Crippen LogP contribution in [0.1, 0.15) is 23.2 Å². The second-order valence-electron chi connectivity index (χ2n) is 5.05. The third-order valence-corrected chi connectivity index (χ3v) is 3.55. The highest BCUT2D eigenvalue weighted by molar-refractivity contribution is 5.94. The average Bonchev–Trinajstić information content (AvgIpc) is 2.45. The Hall–Kier alpha value is -1.47. The molecule has 8 heteroatoms. The Balaban J connectivity index is 0.00000242. The van der Waals surface area contributed by atoms with Gasteiger partial charge < -0.3 is 15.4 Å². The zero-order valence-corrected chi connectivity index (χ0v) is 12.6. The summed E-state index contributed by atoms with van der Waals surface area (Å²) in [6, 6.07) is 5.15. The lowest BCUT2D eigenvalue weighted by Crippen LogP contribution is -2.40. The number of nitrogens with two attached hydrogens (primary N) is 1. The number of rotatable bonds is 3. The van der Waals surface area contributed by atoms with Crippen molar-refractivity contribution in [3.05, 3.63) is 29.8 Å². The van der Waals surface area contributed by atoms with Gasteiger partial charge in [0.1, 0.15) is 5.75 Å². The quantitative estimate of drug-likeness (QED) is 0.922. The molecule has 1 heterocycles. The van der Waals surface area contributed by atoms with Crippen LogP contribution in [0.2, 0.25) is 0 Å². The lowest BCUT2D eigenvalue weighted by atomic mass is 9.96. The maximum atomic E-state index is 12.3. The lowest BCUT2D eigenvalue weighted by Gasteiger charge is -2.31. The second kappa shape index (κ2) is 7.69. The van der Waals surface area contributed by atoms with Gasteiger partial charge >= 0.3 is 6.36 Å². The molecular formula is C14H18ClF3N2O2. The van der Waals surface area contributed by atoms with Crippen LogP contribution in [0.4, 0.5) is 13.2 Å². The summed E-state index contributed by atoms with van der Waals surface area (Å²) in [6.45, 7) is 1.74. The number of likely N-dealkylation sites (tertiary alicyclic amines) is 1. The van der Waals surface area contributed by atoms with Crippen LogP contribution < -0.4 is 10.5 Å². The molecule has 1 aromatic rings. The number of halogens is 4. The third-order valence-electron chi connectivity index (χ3n) is 3.55. The fourth-order valence-electron chi connectivity index (χ4n) is 2.38. The van der Waals surface area contributed by atoms with E-state index in [1.54, 1.807) is 4.90 Å². The van der Waals surface area contributed by atoms with E-state index in [4.69, 9.17) is 5.73 Å². The van der Waals surface area contributed by atoms with Crippen LogP contribution in [-0.2, 0) is 0 Å². The summed E-state index contributed by atoms with van der Waals surface area (Å²) < 4.78 is 40.4. The van der Waals surface area contributed by atoms with E-state index >= 15 is 0 Å². The summed E-state index contributed by atoms with van der Waals surface area (Å²) in [6.07, 6.45) is -3.12. The smallest absolute Gasteiger partial charge is 0.406 e. The van der Waals surface area contributed by atoms with E-state index in [0.717, 1.165) is 18.9 Å². The molecule has 2 rings (SSSR count). The Morgan fingerprint density at radius 1 is 1.32 bits per heavy atom. The number of hydrogen-bond acceptors (Lipinski definition) is 3. The molecule has 0 radical (unpaired) electrons. The highest BCUT2D eigenvalue weighted by Crippen LogP contribution is 2.24. The Labute approximate surface area is 132 Å². The summed E-state index contributed by atoms with van der Waals surface area (Å²) in [7, 11) is 0. The monoisotopic (exact) mass is 338 g/mol. The minimum atomic E-state index is -4.76. The molecule has 0 bridgehead atoms. The summed E-state index contributed by atoms with van der Waals surface area (Å²) in [4.78, 5) is 13.9. The van der Waals surface area contributed by atoms with Crippen LogP contribution in [0.5, 0.6) is 5.75 Å². The van der Waals surface area contributed by atoms with Crippen LogP contribution >= 0.6 is 12.4 Å². The topological polar surface area (TPSA) is 55.6 Å². The number of carbonyl (C=O) groups excluding carboxylic acids is 1. The number of piperidine rings is 1. The van der Waals surface area contributed by atoms with Gasteiger partial charge in [0.2, 0.25) is 0 Å². The summed E-state index contributed by atoms with van der Waals surface area (Å²) in [5, 5.41) is 0. The molecule has 1 aliphatic rings. The number of ether oxygens (including phenoxy) is 1. The normalized spacial score (nSPS) is 16.1. The molecule has 4 nitrogen and oxygen atoms in total. The molecule has 0 spiro atoms. The van der Waals surface area contributed by atoms with Crippen molar-refractivity contribution in [2.24, 2.45) is 11.7 Å². The first-order valence-electron chi connectivity index (χ1n) is 6.74. The zero-order chi connectivity index (χ0) is 15.5. The third kappa shape index (κ3) is 5.06. The van der Waals surface area contributed by atoms with Crippen molar-refractivity contribution in [2.75, 3.05) is 19.6 Å². The molecular weight excluding hydrogens is 321 g/mol. The molecule has 0 unspecified atom stereocenters. The van der Waals surface area contributed by atoms with Gasteiger partial charge in [0.05, 0.1) is 0 Å². The first-order chi connectivity index (χ1) is 9.89. The Kier molecular flexibility index (Phi) is 6.49.